The van der Waals surface area contributed by atoms with Crippen molar-refractivity contribution in [2.24, 2.45) is 5.92 Å². The zero-order chi connectivity index (χ0) is 30.1. The summed E-state index contributed by atoms with van der Waals surface area (Å²) < 4.78 is 7.27. The number of rotatable bonds is 16. The van der Waals surface area contributed by atoms with Crippen molar-refractivity contribution in [1.82, 2.24) is 9.55 Å². The van der Waals surface area contributed by atoms with Gasteiger partial charge in [-0.3, -0.25) is 14.2 Å². The van der Waals surface area contributed by atoms with Crippen molar-refractivity contribution in [3.8, 4) is 0 Å². The minimum Gasteiger partial charge on any atom is -0.427 e. The number of hydrogen-bond donors (Lipinski definition) is 0. The van der Waals surface area contributed by atoms with Crippen LogP contribution in [-0.4, -0.2) is 21.6 Å². The van der Waals surface area contributed by atoms with E-state index in [1.54, 1.807) is 41.8 Å². The number of carbonyl (C=O) groups is 2. The molecule has 2 unspecified atom stereocenters. The molecule has 226 valence electrons. The van der Waals surface area contributed by atoms with E-state index in [0.717, 1.165) is 43.4 Å². The van der Waals surface area contributed by atoms with Crippen LogP contribution in [0.4, 0.5) is 10.5 Å². The number of halogens is 1. The van der Waals surface area contributed by atoms with E-state index in [4.69, 9.17) is 21.3 Å². The molecule has 2 aromatic carbocycles. The van der Waals surface area contributed by atoms with Crippen LogP contribution in [0.15, 0.2) is 47.3 Å². The lowest BCUT2D eigenvalue weighted by Gasteiger charge is -2.22. The van der Waals surface area contributed by atoms with Crippen LogP contribution in [0.1, 0.15) is 108 Å². The number of imide groups is 1. The van der Waals surface area contributed by atoms with E-state index in [0.29, 0.717) is 33.7 Å². The maximum atomic E-state index is 13.9. The topological polar surface area (TPSA) is 81.5 Å². The Morgan fingerprint density at radius 1 is 0.881 bits per heavy atom. The van der Waals surface area contributed by atoms with E-state index >= 15 is 0 Å². The van der Waals surface area contributed by atoms with Crippen LogP contribution >= 0.6 is 11.6 Å². The van der Waals surface area contributed by atoms with E-state index in [-0.39, 0.29) is 17.3 Å². The van der Waals surface area contributed by atoms with E-state index in [1.807, 2.05) is 12.1 Å². The molecular weight excluding hydrogens is 550 g/mol. The largest absolute Gasteiger partial charge is 0.427 e. The van der Waals surface area contributed by atoms with Crippen LogP contribution in [0.25, 0.3) is 10.9 Å². The van der Waals surface area contributed by atoms with Gasteiger partial charge in [0.05, 0.1) is 16.6 Å². The number of fused-ring (bicyclic) bond motifs is 1. The quantitative estimate of drug-likeness (QED) is 0.155. The molecule has 0 N–H and O–H groups in total. The fourth-order valence-electron chi connectivity index (χ4n) is 5.83. The van der Waals surface area contributed by atoms with Gasteiger partial charge < -0.3 is 4.74 Å². The zero-order valence-electron chi connectivity index (χ0n) is 25.2. The van der Waals surface area contributed by atoms with Gasteiger partial charge in [0.1, 0.15) is 0 Å². The van der Waals surface area contributed by atoms with Gasteiger partial charge in [0.15, 0.2) is 5.82 Å². The van der Waals surface area contributed by atoms with Crippen molar-refractivity contribution in [1.29, 1.82) is 0 Å². The molecule has 1 saturated heterocycles. The Morgan fingerprint density at radius 2 is 1.52 bits per heavy atom. The fraction of sp³-hybridized carbons (Fsp3) is 0.529. The number of nitrogens with zero attached hydrogens (tertiary/aromatic N) is 3. The van der Waals surface area contributed by atoms with Crippen molar-refractivity contribution in [3.63, 3.8) is 0 Å². The molecule has 3 aromatic rings. The molecule has 1 aliphatic rings. The number of para-hydroxylation sites is 1. The molecule has 7 nitrogen and oxygen atoms in total. The van der Waals surface area contributed by atoms with Gasteiger partial charge in [-0.1, -0.05) is 108 Å². The number of anilines is 1. The van der Waals surface area contributed by atoms with Crippen LogP contribution in [0.3, 0.4) is 0 Å². The second kappa shape index (κ2) is 15.3. The molecule has 0 bridgehead atoms. The summed E-state index contributed by atoms with van der Waals surface area (Å²) in [6.07, 6.45) is 11.8. The summed E-state index contributed by atoms with van der Waals surface area (Å²) in [6.45, 7) is 6.66. The summed E-state index contributed by atoms with van der Waals surface area (Å²) in [4.78, 5) is 46.6. The first kappa shape index (κ1) is 31.7. The lowest BCUT2D eigenvalue weighted by Crippen LogP contribution is -2.34. The molecule has 42 heavy (non-hydrogen) atoms. The molecule has 0 saturated carbocycles. The van der Waals surface area contributed by atoms with Crippen LogP contribution in [-0.2, 0) is 16.1 Å². The average Bonchev–Trinajstić information content (AvgIpc) is 3.28. The van der Waals surface area contributed by atoms with Crippen LogP contribution in [0, 0.1) is 12.8 Å². The summed E-state index contributed by atoms with van der Waals surface area (Å²) >= 11 is 6.20. The van der Waals surface area contributed by atoms with Gasteiger partial charge in [0.2, 0.25) is 6.10 Å². The van der Waals surface area contributed by atoms with E-state index < -0.39 is 18.1 Å². The van der Waals surface area contributed by atoms with Gasteiger partial charge in [-0.2, -0.15) is 0 Å². The van der Waals surface area contributed by atoms with Crippen molar-refractivity contribution in [3.05, 3.63) is 69.2 Å². The highest BCUT2D eigenvalue weighted by atomic mass is 35.5. The number of benzene rings is 2. The molecule has 2 atom stereocenters. The predicted octanol–water partition coefficient (Wildman–Crippen LogP) is 8.92. The first-order valence-corrected chi connectivity index (χ1v) is 16.0. The van der Waals surface area contributed by atoms with Gasteiger partial charge >= 0.3 is 6.09 Å². The highest BCUT2D eigenvalue weighted by Crippen LogP contribution is 2.34. The molecular formula is C34H44ClN3O4. The predicted molar refractivity (Wildman–Crippen MR) is 169 cm³/mol. The van der Waals surface area contributed by atoms with Crippen LogP contribution in [0.2, 0.25) is 5.02 Å². The van der Waals surface area contributed by atoms with E-state index in [9.17, 15) is 14.4 Å². The number of unbranched alkanes of at least 4 members (excludes halogenated alkanes) is 8. The summed E-state index contributed by atoms with van der Waals surface area (Å²) in [6, 6.07) is 12.2. The highest BCUT2D eigenvalue weighted by molar-refractivity contribution is 6.31. The Balaban J connectivity index is 1.67. The van der Waals surface area contributed by atoms with Crippen molar-refractivity contribution in [2.75, 3.05) is 4.90 Å². The third kappa shape index (κ3) is 7.60. The van der Waals surface area contributed by atoms with Crippen molar-refractivity contribution < 1.29 is 14.3 Å². The third-order valence-electron chi connectivity index (χ3n) is 8.26. The van der Waals surface area contributed by atoms with Gasteiger partial charge in [0, 0.05) is 11.6 Å². The Bertz CT molecular complexity index is 1440. The molecule has 2 heterocycles. The monoisotopic (exact) mass is 593 g/mol. The Kier molecular flexibility index (Phi) is 11.6. The minimum absolute atomic E-state index is 0.181. The molecule has 2 amide bonds. The number of carbonyl (C=O) groups excluding carboxylic acids is 2. The van der Waals surface area contributed by atoms with Crippen molar-refractivity contribution in [2.45, 2.75) is 110 Å². The summed E-state index contributed by atoms with van der Waals surface area (Å²) in [5.41, 5.74) is 1.34. The Hall–Kier alpha value is -3.19. The summed E-state index contributed by atoms with van der Waals surface area (Å²) in [7, 11) is 0. The molecule has 4 rings (SSSR count). The second-order valence-corrected chi connectivity index (χ2v) is 12.0. The molecule has 0 radical (unpaired) electrons. The van der Waals surface area contributed by atoms with Gasteiger partial charge in [-0.05, 0) is 55.5 Å². The average molecular weight is 594 g/mol. The zero-order valence-corrected chi connectivity index (χ0v) is 26.0. The number of ether oxygens (including phenoxy) is 1. The fourth-order valence-corrected chi connectivity index (χ4v) is 6.00. The standard InChI is InChI=1S/C34H44ClN3O4/c1-4-6-8-10-11-13-17-25(16-12-9-7-5-2)23-37-31(36-28-19-15-14-18-27(28)32(37)39)30-33(40)38(34(41)42-30)29-22-26(35)21-20-24(29)3/h14-15,18-22,25,30H,4-13,16-17,23H2,1-3H3. The number of aromatic nitrogens is 2. The highest BCUT2D eigenvalue weighted by Gasteiger charge is 2.45. The maximum Gasteiger partial charge on any atom is 0.422 e. The Morgan fingerprint density at radius 3 is 2.24 bits per heavy atom. The SMILES string of the molecule is CCCCCCCCC(CCCCCC)Cn1c(C2OC(=O)N(c3cc(Cl)ccc3C)C2=O)nc2ccccc2c1=O. The third-order valence-corrected chi connectivity index (χ3v) is 8.49. The molecule has 1 aromatic heterocycles. The number of aryl methyl sites for hydroxylation is 1. The number of amides is 2. The normalized spacial score (nSPS) is 15.9. The lowest BCUT2D eigenvalue weighted by molar-refractivity contribution is -0.122. The van der Waals surface area contributed by atoms with Crippen molar-refractivity contribution >= 4 is 40.2 Å². The summed E-state index contributed by atoms with van der Waals surface area (Å²) in [5, 5.41) is 0.894. The number of hydrogen-bond acceptors (Lipinski definition) is 5. The van der Waals surface area contributed by atoms with Gasteiger partial charge in [-0.15, -0.1) is 0 Å². The lowest BCUT2D eigenvalue weighted by atomic mass is 9.94. The second-order valence-electron chi connectivity index (χ2n) is 11.5. The van der Waals surface area contributed by atoms with Gasteiger partial charge in [0.25, 0.3) is 11.5 Å². The number of cyclic esters (lactones) is 1. The molecule has 1 fully saturated rings. The minimum atomic E-state index is -1.32. The van der Waals surface area contributed by atoms with Crippen LogP contribution in [0.5, 0.6) is 0 Å². The first-order chi connectivity index (χ1) is 20.3. The van der Waals surface area contributed by atoms with Crippen LogP contribution < -0.4 is 10.5 Å². The smallest absolute Gasteiger partial charge is 0.422 e. The summed E-state index contributed by atoms with van der Waals surface area (Å²) in [5.74, 6) is -0.136. The maximum absolute atomic E-state index is 13.9. The first-order valence-electron chi connectivity index (χ1n) is 15.7. The van der Waals surface area contributed by atoms with E-state index in [2.05, 4.69) is 13.8 Å². The molecule has 0 spiro atoms. The molecule has 1 aliphatic heterocycles. The molecule has 0 aliphatic carbocycles. The van der Waals surface area contributed by atoms with E-state index in [1.165, 1.54) is 38.5 Å². The Labute approximate surface area is 254 Å². The van der Waals surface area contributed by atoms with Gasteiger partial charge in [-0.25, -0.2) is 14.7 Å². The molecule has 8 heteroatoms.